The van der Waals surface area contributed by atoms with Crippen LogP contribution in [0.3, 0.4) is 0 Å². The van der Waals surface area contributed by atoms with Crippen molar-refractivity contribution >= 4 is 17.6 Å². The minimum absolute atomic E-state index is 0.140. The lowest BCUT2D eigenvalue weighted by Crippen LogP contribution is -2.27. The maximum absolute atomic E-state index is 14.7. The third-order valence-electron chi connectivity index (χ3n) is 5.42. The van der Waals surface area contributed by atoms with Gasteiger partial charge < -0.3 is 16.4 Å². The molecule has 0 amide bonds. The number of rotatable bonds is 4. The lowest BCUT2D eigenvalue weighted by Gasteiger charge is -2.29. The summed E-state index contributed by atoms with van der Waals surface area (Å²) in [6.45, 7) is 0. The van der Waals surface area contributed by atoms with Crippen LogP contribution in [0.15, 0.2) is 42.7 Å². The fraction of sp³-hybridized carbons (Fsp3) is 0.333. The van der Waals surface area contributed by atoms with Crippen LogP contribution in [-0.2, 0) is 0 Å². The van der Waals surface area contributed by atoms with Crippen molar-refractivity contribution < 1.29 is 4.39 Å². The van der Waals surface area contributed by atoms with E-state index in [1.165, 1.54) is 6.20 Å². The van der Waals surface area contributed by atoms with Crippen molar-refractivity contribution in [1.82, 2.24) is 19.9 Å². The molecule has 2 heterocycles. The molecule has 7 nitrogen and oxygen atoms in total. The molecule has 4 rings (SSSR count). The molecule has 0 bridgehead atoms. The van der Waals surface area contributed by atoms with E-state index >= 15 is 0 Å². The summed E-state index contributed by atoms with van der Waals surface area (Å²) in [6, 6.07) is 9.69. The first-order valence-corrected chi connectivity index (χ1v) is 9.72. The van der Waals surface area contributed by atoms with Gasteiger partial charge in [0, 0.05) is 30.4 Å². The summed E-state index contributed by atoms with van der Waals surface area (Å²) in [5.41, 5.74) is 13.7. The smallest absolute Gasteiger partial charge is 0.221 e. The molecule has 2 aromatic heterocycles. The molecule has 4 N–H and O–H groups in total. The predicted octanol–water partition coefficient (Wildman–Crippen LogP) is 3.41. The van der Waals surface area contributed by atoms with Crippen molar-refractivity contribution in [3.63, 3.8) is 0 Å². The molecule has 1 aliphatic carbocycles. The van der Waals surface area contributed by atoms with Crippen molar-refractivity contribution in [1.29, 1.82) is 0 Å². The number of benzene rings is 1. The van der Waals surface area contributed by atoms with Crippen LogP contribution in [0.5, 0.6) is 0 Å². The van der Waals surface area contributed by atoms with Crippen molar-refractivity contribution in [3.05, 3.63) is 54.1 Å². The Hall–Kier alpha value is -3.13. The Morgan fingerprint density at radius 2 is 1.69 bits per heavy atom. The maximum Gasteiger partial charge on any atom is 0.221 e. The standard InChI is InChI=1S/C21H24FN7/c1-29(20-17(22)12-25-18(27-20)14-5-3-2-4-6-14)19-16(11-26-21(24)28-19)13-7-9-15(23)10-8-13/h2-6,11-13,15H,7-10,23H2,1H3,(H2,24,26,28). The summed E-state index contributed by atoms with van der Waals surface area (Å²) in [5, 5.41) is 0. The first-order chi connectivity index (χ1) is 14.0. The largest absolute Gasteiger partial charge is 0.368 e. The quantitative estimate of drug-likeness (QED) is 0.699. The van der Waals surface area contributed by atoms with E-state index < -0.39 is 5.82 Å². The molecule has 8 heteroatoms. The van der Waals surface area contributed by atoms with Crippen LogP contribution >= 0.6 is 0 Å². The van der Waals surface area contributed by atoms with Gasteiger partial charge in [0.2, 0.25) is 5.95 Å². The number of nitrogens with zero attached hydrogens (tertiary/aromatic N) is 5. The molecule has 0 radical (unpaired) electrons. The number of halogens is 1. The molecule has 1 saturated carbocycles. The van der Waals surface area contributed by atoms with Crippen LogP contribution in [0, 0.1) is 5.82 Å². The molecular formula is C21H24FN7. The van der Waals surface area contributed by atoms with E-state index in [1.54, 1.807) is 18.1 Å². The van der Waals surface area contributed by atoms with Crippen LogP contribution < -0.4 is 16.4 Å². The molecule has 1 aliphatic rings. The van der Waals surface area contributed by atoms with Crippen LogP contribution in [0.1, 0.15) is 37.2 Å². The Kier molecular flexibility index (Phi) is 5.35. The molecule has 0 atom stereocenters. The molecule has 3 aromatic rings. The minimum atomic E-state index is -0.527. The van der Waals surface area contributed by atoms with Gasteiger partial charge in [-0.05, 0) is 31.6 Å². The first-order valence-electron chi connectivity index (χ1n) is 9.72. The Morgan fingerprint density at radius 1 is 0.966 bits per heavy atom. The zero-order valence-corrected chi connectivity index (χ0v) is 16.3. The molecule has 0 spiro atoms. The number of hydrogen-bond donors (Lipinski definition) is 2. The highest BCUT2D eigenvalue weighted by Crippen LogP contribution is 2.38. The van der Waals surface area contributed by atoms with Gasteiger partial charge in [0.15, 0.2) is 17.5 Å². The second-order valence-electron chi connectivity index (χ2n) is 7.41. The molecule has 150 valence electrons. The molecule has 0 unspecified atom stereocenters. The van der Waals surface area contributed by atoms with E-state index in [0.717, 1.165) is 36.8 Å². The van der Waals surface area contributed by atoms with Gasteiger partial charge in [-0.3, -0.25) is 0 Å². The Bertz CT molecular complexity index is 988. The van der Waals surface area contributed by atoms with Crippen LogP contribution in [0.2, 0.25) is 0 Å². The van der Waals surface area contributed by atoms with Crippen LogP contribution in [-0.4, -0.2) is 33.0 Å². The Morgan fingerprint density at radius 3 is 2.41 bits per heavy atom. The molecule has 29 heavy (non-hydrogen) atoms. The van der Waals surface area contributed by atoms with E-state index in [1.807, 2.05) is 30.3 Å². The monoisotopic (exact) mass is 393 g/mol. The molecule has 0 saturated heterocycles. The number of aromatic nitrogens is 4. The maximum atomic E-state index is 14.7. The lowest BCUT2D eigenvalue weighted by atomic mass is 9.82. The van der Waals surface area contributed by atoms with Crippen molar-refractivity contribution in [2.75, 3.05) is 17.7 Å². The number of anilines is 3. The van der Waals surface area contributed by atoms with Gasteiger partial charge in [-0.15, -0.1) is 0 Å². The second kappa shape index (κ2) is 8.08. The van der Waals surface area contributed by atoms with Gasteiger partial charge in [0.25, 0.3) is 0 Å². The van der Waals surface area contributed by atoms with Crippen LogP contribution in [0.25, 0.3) is 11.4 Å². The molecule has 1 aromatic carbocycles. The summed E-state index contributed by atoms with van der Waals surface area (Å²) < 4.78 is 14.7. The minimum Gasteiger partial charge on any atom is -0.368 e. The first kappa shape index (κ1) is 19.2. The van der Waals surface area contributed by atoms with E-state index in [-0.39, 0.29) is 23.7 Å². The third kappa shape index (κ3) is 4.02. The van der Waals surface area contributed by atoms with E-state index in [9.17, 15) is 4.39 Å². The predicted molar refractivity (Wildman–Crippen MR) is 111 cm³/mol. The number of nitrogen functional groups attached to an aromatic ring is 1. The summed E-state index contributed by atoms with van der Waals surface area (Å²) in [5.74, 6) is 1.02. The van der Waals surface area contributed by atoms with Gasteiger partial charge in [-0.2, -0.15) is 4.98 Å². The summed E-state index contributed by atoms with van der Waals surface area (Å²) in [6.07, 6.45) is 6.70. The van der Waals surface area contributed by atoms with Gasteiger partial charge in [-0.1, -0.05) is 30.3 Å². The van der Waals surface area contributed by atoms with Gasteiger partial charge >= 0.3 is 0 Å². The third-order valence-corrected chi connectivity index (χ3v) is 5.42. The van der Waals surface area contributed by atoms with E-state index in [2.05, 4.69) is 19.9 Å². The average Bonchev–Trinajstić information content (AvgIpc) is 2.75. The second-order valence-corrected chi connectivity index (χ2v) is 7.41. The molecular weight excluding hydrogens is 369 g/mol. The summed E-state index contributed by atoms with van der Waals surface area (Å²) >= 11 is 0. The van der Waals surface area contributed by atoms with Gasteiger partial charge in [0.1, 0.15) is 5.82 Å². The molecule has 1 fully saturated rings. The summed E-state index contributed by atoms with van der Waals surface area (Å²) in [7, 11) is 1.74. The number of nitrogens with two attached hydrogens (primary N) is 2. The van der Waals surface area contributed by atoms with Gasteiger partial charge in [-0.25, -0.2) is 19.3 Å². The van der Waals surface area contributed by atoms with E-state index in [0.29, 0.717) is 11.6 Å². The highest BCUT2D eigenvalue weighted by molar-refractivity contribution is 5.64. The highest BCUT2D eigenvalue weighted by atomic mass is 19.1. The fourth-order valence-corrected chi connectivity index (χ4v) is 3.80. The fourth-order valence-electron chi connectivity index (χ4n) is 3.80. The average molecular weight is 393 g/mol. The zero-order valence-electron chi connectivity index (χ0n) is 16.3. The number of hydrogen-bond acceptors (Lipinski definition) is 7. The zero-order chi connectivity index (χ0) is 20.4. The van der Waals surface area contributed by atoms with Gasteiger partial charge in [0.05, 0.1) is 6.20 Å². The topological polar surface area (TPSA) is 107 Å². The molecule has 0 aliphatic heterocycles. The normalized spacial score (nSPS) is 19.1. The van der Waals surface area contributed by atoms with Crippen LogP contribution in [0.4, 0.5) is 22.0 Å². The van der Waals surface area contributed by atoms with E-state index in [4.69, 9.17) is 11.5 Å². The lowest BCUT2D eigenvalue weighted by molar-refractivity contribution is 0.395. The Labute approximate surface area is 169 Å². The summed E-state index contributed by atoms with van der Waals surface area (Å²) in [4.78, 5) is 18.8. The SMILES string of the molecule is CN(c1nc(-c2ccccc2)ncc1F)c1nc(N)ncc1C1CCC(N)CC1. The van der Waals surface area contributed by atoms with Crippen molar-refractivity contribution in [3.8, 4) is 11.4 Å². The highest BCUT2D eigenvalue weighted by Gasteiger charge is 2.26. The van der Waals surface area contributed by atoms with Crippen molar-refractivity contribution in [2.24, 2.45) is 5.73 Å². The van der Waals surface area contributed by atoms with Crippen molar-refractivity contribution in [2.45, 2.75) is 37.6 Å². The Balaban J connectivity index is 1.73.